The fourth-order valence-corrected chi connectivity index (χ4v) is 6.23. The van der Waals surface area contributed by atoms with Crippen molar-refractivity contribution in [3.63, 3.8) is 0 Å². The Labute approximate surface area is 278 Å². The van der Waals surface area contributed by atoms with Crippen LogP contribution in [0, 0.1) is 0 Å². The molecule has 2 aliphatic rings. The minimum atomic E-state index is -4.47. The molecule has 2 aromatic rings. The normalized spacial score (nSPS) is 27.4. The third kappa shape index (κ3) is 9.38. The van der Waals surface area contributed by atoms with Crippen LogP contribution in [0.15, 0.2) is 51.2 Å². The van der Waals surface area contributed by atoms with E-state index in [1.165, 1.54) is 0 Å². The molecule has 6 atom stereocenters. The zero-order chi connectivity index (χ0) is 35.5. The van der Waals surface area contributed by atoms with E-state index in [-0.39, 0.29) is 13.0 Å². The topological polar surface area (TPSA) is 229 Å². The van der Waals surface area contributed by atoms with E-state index in [1.54, 1.807) is 65.8 Å². The molecule has 0 bridgehead atoms. The predicted octanol–water partition coefficient (Wildman–Crippen LogP) is 5.67. The van der Waals surface area contributed by atoms with E-state index < -0.39 is 79.5 Å². The number of phosphoric ester groups is 1. The average molecular weight is 716 g/mol. The number of hydrogen-bond donors (Lipinski definition) is 1. The summed E-state index contributed by atoms with van der Waals surface area (Å²) in [5, 5.41) is 4.08. The van der Waals surface area contributed by atoms with Crippen LogP contribution in [0.25, 0.3) is 10.4 Å². The van der Waals surface area contributed by atoms with Gasteiger partial charge in [0.05, 0.1) is 19.3 Å². The number of aromatic amines is 1. The highest BCUT2D eigenvalue weighted by Crippen LogP contribution is 2.58. The number of benzene rings is 1. The average Bonchev–Trinajstić information content (AvgIpc) is 3.22. The van der Waals surface area contributed by atoms with Gasteiger partial charge in [0.15, 0.2) is 18.4 Å². The first-order chi connectivity index (χ1) is 22.3. The van der Waals surface area contributed by atoms with Gasteiger partial charge in [-0.25, -0.2) is 18.9 Å². The van der Waals surface area contributed by atoms with Crippen molar-refractivity contribution in [1.29, 1.82) is 0 Å². The molecule has 1 aromatic heterocycles. The van der Waals surface area contributed by atoms with Gasteiger partial charge < -0.3 is 23.7 Å². The molecule has 2 aliphatic heterocycles. The van der Waals surface area contributed by atoms with Crippen molar-refractivity contribution in [1.82, 2.24) is 9.55 Å². The number of hydrogen-bond acceptors (Lipinski definition) is 14. The molecule has 0 radical (unpaired) electrons. The monoisotopic (exact) mass is 715 g/mol. The summed E-state index contributed by atoms with van der Waals surface area (Å²) in [7, 11) is -4.47. The van der Waals surface area contributed by atoms with Crippen LogP contribution < -0.4 is 11.2 Å². The van der Waals surface area contributed by atoms with Gasteiger partial charge in [0, 0.05) is 28.6 Å². The molecule has 0 unspecified atom stereocenters. The highest BCUT2D eigenvalue weighted by Gasteiger charge is 2.62. The molecule has 20 heteroatoms. The maximum absolute atomic E-state index is 13.8. The first kappa shape index (κ1) is 36.9. The number of nitrogens with one attached hydrogen (secondary N) is 1. The first-order valence-electron chi connectivity index (χ1n) is 14.5. The predicted molar refractivity (Wildman–Crippen MR) is 165 cm³/mol. The van der Waals surface area contributed by atoms with E-state index in [0.717, 1.165) is 16.8 Å². The minimum absolute atomic E-state index is 0.0819. The van der Waals surface area contributed by atoms with Crippen LogP contribution in [0.5, 0.6) is 0 Å². The van der Waals surface area contributed by atoms with Gasteiger partial charge in [0.2, 0.25) is 5.72 Å². The molecule has 2 saturated heterocycles. The van der Waals surface area contributed by atoms with Crippen molar-refractivity contribution in [3.8, 4) is 0 Å². The Balaban J connectivity index is 1.77. The van der Waals surface area contributed by atoms with Crippen LogP contribution in [0.4, 0.5) is 9.59 Å². The molecule has 48 heavy (non-hydrogen) atoms. The van der Waals surface area contributed by atoms with Crippen LogP contribution in [0.2, 0.25) is 5.02 Å². The molecule has 0 amide bonds. The quantitative estimate of drug-likeness (QED) is 0.114. The number of ether oxygens (including phenoxy) is 5. The molecule has 1 aromatic carbocycles. The second-order valence-corrected chi connectivity index (χ2v) is 14.7. The van der Waals surface area contributed by atoms with Crippen LogP contribution in [0.3, 0.4) is 0 Å². The van der Waals surface area contributed by atoms with Gasteiger partial charge in [-0.2, -0.15) is 0 Å². The smallest absolute Gasteiger partial charge is 0.429 e. The van der Waals surface area contributed by atoms with Crippen LogP contribution >= 0.6 is 19.4 Å². The summed E-state index contributed by atoms with van der Waals surface area (Å²) in [5.41, 5.74) is 3.74. The fraction of sp³-hybridized carbons (Fsp3) is 0.571. The van der Waals surface area contributed by atoms with Crippen molar-refractivity contribution >= 4 is 31.7 Å². The summed E-state index contributed by atoms with van der Waals surface area (Å²) >= 11 is 6.11. The second kappa shape index (κ2) is 14.3. The number of phosphoric acid groups is 1. The van der Waals surface area contributed by atoms with Crippen molar-refractivity contribution in [2.75, 3.05) is 13.2 Å². The molecule has 3 heterocycles. The number of halogens is 1. The standard InChI is InChI=1S/C28H35ClN5O13P/c1-26(2,3)45-24(37)42-20-21(43-25(38)46-27(4,5)6)28(32-33-30,44-22(20)34-12-10-19(35)31-23(34)36)15-41-48(39)40-13-11-18(47-48)16-8-7-9-17(29)14-16/h7-10,12,14,18,20-22H,11,13,15H2,1-6H3,(H,31,35,36)/t18-,20+,21-,22+,28+,48+/m0/s1. The van der Waals surface area contributed by atoms with Gasteiger partial charge in [0.1, 0.15) is 11.2 Å². The highest BCUT2D eigenvalue weighted by molar-refractivity contribution is 7.48. The van der Waals surface area contributed by atoms with Crippen LogP contribution in [-0.2, 0) is 41.8 Å². The summed E-state index contributed by atoms with van der Waals surface area (Å²) in [5.74, 6) is 0. The summed E-state index contributed by atoms with van der Waals surface area (Å²) in [6.07, 6.45) is -7.70. The first-order valence-corrected chi connectivity index (χ1v) is 16.3. The number of carbonyl (C=O) groups is 2. The molecule has 0 aliphatic carbocycles. The third-order valence-electron chi connectivity index (χ3n) is 6.46. The molecule has 0 saturated carbocycles. The molecular weight excluding hydrogens is 681 g/mol. The van der Waals surface area contributed by atoms with E-state index in [0.29, 0.717) is 10.6 Å². The second-order valence-electron chi connectivity index (χ2n) is 12.6. The van der Waals surface area contributed by atoms with Crippen LogP contribution in [0.1, 0.15) is 65.9 Å². The minimum Gasteiger partial charge on any atom is -0.429 e. The largest absolute Gasteiger partial charge is 0.509 e. The lowest BCUT2D eigenvalue weighted by atomic mass is 10.1. The summed E-state index contributed by atoms with van der Waals surface area (Å²) in [6.45, 7) is 8.19. The van der Waals surface area contributed by atoms with Gasteiger partial charge >= 0.3 is 25.8 Å². The summed E-state index contributed by atoms with van der Waals surface area (Å²) in [4.78, 5) is 55.6. The summed E-state index contributed by atoms with van der Waals surface area (Å²) in [6, 6.07) is 7.59. The Morgan fingerprint density at radius 3 is 2.40 bits per heavy atom. The Hall–Kier alpha value is -3.89. The fourth-order valence-electron chi connectivity index (χ4n) is 4.62. The Bertz CT molecular complexity index is 1730. The SMILES string of the molecule is CC(C)(C)OC(=O)O[C@H]1[C@H](n2ccc(=O)[nH]c2=O)O[C@@](CO[P@@]2(=O)OCC[C@@H](c3cccc(Cl)c3)O2)(N=[N+]=[N-])[C@H]1OC(=O)OC(C)(C)C. The van der Waals surface area contributed by atoms with E-state index in [4.69, 9.17) is 48.9 Å². The highest BCUT2D eigenvalue weighted by atomic mass is 35.5. The lowest BCUT2D eigenvalue weighted by Crippen LogP contribution is -2.49. The zero-order valence-electron chi connectivity index (χ0n) is 26.8. The molecule has 4 rings (SSSR count). The number of azide groups is 1. The van der Waals surface area contributed by atoms with Crippen LogP contribution in [-0.4, -0.2) is 64.2 Å². The molecule has 2 fully saturated rings. The van der Waals surface area contributed by atoms with E-state index >= 15 is 0 Å². The lowest BCUT2D eigenvalue weighted by Gasteiger charge is -2.33. The number of aromatic nitrogens is 2. The van der Waals surface area contributed by atoms with Gasteiger partial charge in [-0.05, 0) is 64.8 Å². The zero-order valence-corrected chi connectivity index (χ0v) is 28.5. The maximum Gasteiger partial charge on any atom is 0.509 e. The lowest BCUT2D eigenvalue weighted by molar-refractivity contribution is -0.135. The van der Waals surface area contributed by atoms with E-state index in [1.807, 2.05) is 4.98 Å². The number of nitrogens with zero attached hydrogens (tertiary/aromatic N) is 4. The maximum atomic E-state index is 13.8. The third-order valence-corrected chi connectivity index (χ3v) is 8.15. The molecule has 1 N–H and O–H groups in total. The molecule has 262 valence electrons. The molecular formula is C28H35ClN5O13P. The Morgan fingerprint density at radius 1 is 1.12 bits per heavy atom. The number of H-pyrrole nitrogens is 1. The van der Waals surface area contributed by atoms with Crippen molar-refractivity contribution < 1.29 is 51.4 Å². The van der Waals surface area contributed by atoms with Gasteiger partial charge in [-0.3, -0.25) is 27.9 Å². The Morgan fingerprint density at radius 2 is 1.79 bits per heavy atom. The van der Waals surface area contributed by atoms with Gasteiger partial charge in [-0.1, -0.05) is 28.8 Å². The number of carbonyl (C=O) groups excluding carboxylic acids is 2. The Kier molecular flexibility index (Phi) is 11.0. The number of rotatable bonds is 8. The van der Waals surface area contributed by atoms with E-state index in [2.05, 4.69) is 10.0 Å². The van der Waals surface area contributed by atoms with Gasteiger partial charge in [0.25, 0.3) is 5.56 Å². The van der Waals surface area contributed by atoms with Crippen molar-refractivity contribution in [2.24, 2.45) is 5.11 Å². The van der Waals surface area contributed by atoms with Crippen molar-refractivity contribution in [2.45, 2.75) is 89.4 Å². The van der Waals surface area contributed by atoms with E-state index in [9.17, 15) is 29.3 Å². The van der Waals surface area contributed by atoms with Crippen molar-refractivity contribution in [3.05, 3.63) is 78.4 Å². The molecule has 18 nitrogen and oxygen atoms in total. The summed E-state index contributed by atoms with van der Waals surface area (Å²) < 4.78 is 58.9. The van der Waals surface area contributed by atoms with Gasteiger partial charge in [-0.15, -0.1) is 0 Å². The molecule has 0 spiro atoms.